The molecule has 2 aromatic carbocycles. The molecule has 1 aliphatic rings. The summed E-state index contributed by atoms with van der Waals surface area (Å²) in [4.78, 5) is 27.4. The third kappa shape index (κ3) is 5.65. The fourth-order valence-corrected chi connectivity index (χ4v) is 3.86. The lowest BCUT2D eigenvalue weighted by Gasteiger charge is -2.25. The fourth-order valence-electron chi connectivity index (χ4n) is 3.86. The van der Waals surface area contributed by atoms with E-state index < -0.39 is 23.5 Å². The summed E-state index contributed by atoms with van der Waals surface area (Å²) in [5, 5.41) is 11.2. The van der Waals surface area contributed by atoms with Gasteiger partial charge >= 0.3 is 0 Å². The van der Waals surface area contributed by atoms with Crippen LogP contribution >= 0.6 is 0 Å². The summed E-state index contributed by atoms with van der Waals surface area (Å²) >= 11 is 0. The molecule has 182 valence electrons. The van der Waals surface area contributed by atoms with E-state index in [0.717, 1.165) is 5.56 Å². The van der Waals surface area contributed by atoms with Crippen molar-refractivity contribution < 1.29 is 28.6 Å². The predicted octanol–water partition coefficient (Wildman–Crippen LogP) is 5.02. The van der Waals surface area contributed by atoms with Crippen molar-refractivity contribution in [2.75, 3.05) is 19.8 Å². The lowest BCUT2D eigenvalue weighted by atomic mass is 9.94. The highest BCUT2D eigenvalue weighted by atomic mass is 19.1. The highest BCUT2D eigenvalue weighted by Gasteiger charge is 2.45. The lowest BCUT2D eigenvalue weighted by molar-refractivity contribution is -0.140. The van der Waals surface area contributed by atoms with E-state index in [4.69, 9.17) is 9.47 Å². The number of carbonyl (C=O) groups is 2. The molecular formula is C27H32FNO5. The Hall–Kier alpha value is -3.19. The minimum absolute atomic E-state index is 0.0311. The van der Waals surface area contributed by atoms with Crippen LogP contribution in [0.5, 0.6) is 5.75 Å². The Labute approximate surface area is 200 Å². The number of rotatable bonds is 9. The SMILES string of the molecule is Cc1cc(/C(O)=C2/C(=O)C(=O)N(CCOC(C)C)C2c2ccc(F)cc2)ccc1OCC(C)C. The van der Waals surface area contributed by atoms with Gasteiger partial charge in [0.2, 0.25) is 0 Å². The summed E-state index contributed by atoms with van der Waals surface area (Å²) in [6, 6.07) is 9.85. The normalized spacial score (nSPS) is 17.8. The number of likely N-dealkylation sites (tertiary alicyclic amines) is 1. The maximum absolute atomic E-state index is 13.6. The summed E-state index contributed by atoms with van der Waals surface area (Å²) in [5.74, 6) is -1.17. The average Bonchev–Trinajstić information content (AvgIpc) is 3.03. The number of nitrogens with zero attached hydrogens (tertiary/aromatic N) is 1. The number of hydrogen-bond acceptors (Lipinski definition) is 5. The summed E-state index contributed by atoms with van der Waals surface area (Å²) in [6.07, 6.45) is -0.0412. The van der Waals surface area contributed by atoms with Crippen LogP contribution in [-0.4, -0.2) is 47.6 Å². The summed E-state index contributed by atoms with van der Waals surface area (Å²) in [6.45, 7) is 10.6. The average molecular weight is 470 g/mol. The van der Waals surface area contributed by atoms with Gasteiger partial charge in [0.05, 0.1) is 30.9 Å². The highest BCUT2D eigenvalue weighted by molar-refractivity contribution is 6.46. The van der Waals surface area contributed by atoms with Crippen molar-refractivity contribution in [2.45, 2.75) is 46.8 Å². The Morgan fingerprint density at radius 3 is 2.35 bits per heavy atom. The van der Waals surface area contributed by atoms with Gasteiger partial charge in [0.25, 0.3) is 11.7 Å². The number of aliphatic hydroxyl groups excluding tert-OH is 1. The lowest BCUT2D eigenvalue weighted by Crippen LogP contribution is -2.33. The Bertz CT molecular complexity index is 1070. The van der Waals surface area contributed by atoms with Crippen molar-refractivity contribution in [3.8, 4) is 5.75 Å². The van der Waals surface area contributed by atoms with Crippen molar-refractivity contribution in [1.29, 1.82) is 0 Å². The first-order valence-electron chi connectivity index (χ1n) is 11.5. The van der Waals surface area contributed by atoms with E-state index in [2.05, 4.69) is 13.8 Å². The van der Waals surface area contributed by atoms with Crippen LogP contribution in [0, 0.1) is 18.7 Å². The summed E-state index contributed by atoms with van der Waals surface area (Å²) in [5.41, 5.74) is 1.69. The van der Waals surface area contributed by atoms with E-state index in [1.165, 1.54) is 29.2 Å². The molecule has 3 rings (SSSR count). The zero-order chi connectivity index (χ0) is 25.0. The molecule has 1 N–H and O–H groups in total. The van der Waals surface area contributed by atoms with Crippen molar-refractivity contribution >= 4 is 17.4 Å². The van der Waals surface area contributed by atoms with Gasteiger partial charge in [-0.3, -0.25) is 9.59 Å². The Morgan fingerprint density at radius 1 is 1.09 bits per heavy atom. The minimum atomic E-state index is -0.853. The van der Waals surface area contributed by atoms with E-state index in [0.29, 0.717) is 29.4 Å². The molecule has 0 bridgehead atoms. The zero-order valence-electron chi connectivity index (χ0n) is 20.3. The smallest absolute Gasteiger partial charge is 0.295 e. The number of hydrogen-bond donors (Lipinski definition) is 1. The second kappa shape index (κ2) is 10.8. The molecule has 1 aliphatic heterocycles. The van der Waals surface area contributed by atoms with E-state index >= 15 is 0 Å². The number of aliphatic hydroxyl groups is 1. The molecule has 0 aromatic heterocycles. The van der Waals surface area contributed by atoms with Gasteiger partial charge in [-0.1, -0.05) is 26.0 Å². The van der Waals surface area contributed by atoms with Gasteiger partial charge in [-0.05, 0) is 68.1 Å². The molecule has 1 atom stereocenters. The monoisotopic (exact) mass is 469 g/mol. The molecule has 1 saturated heterocycles. The van der Waals surface area contributed by atoms with Crippen molar-refractivity contribution in [3.63, 3.8) is 0 Å². The van der Waals surface area contributed by atoms with E-state index in [9.17, 15) is 19.1 Å². The predicted molar refractivity (Wildman–Crippen MR) is 128 cm³/mol. The number of ketones is 1. The third-order valence-corrected chi connectivity index (χ3v) is 5.53. The van der Waals surface area contributed by atoms with E-state index in [1.807, 2.05) is 20.8 Å². The van der Waals surface area contributed by atoms with Gasteiger partial charge in [0, 0.05) is 12.1 Å². The number of halogens is 1. The largest absolute Gasteiger partial charge is 0.507 e. The van der Waals surface area contributed by atoms with Crippen molar-refractivity contribution in [1.82, 2.24) is 4.90 Å². The van der Waals surface area contributed by atoms with E-state index in [1.54, 1.807) is 18.2 Å². The molecule has 0 radical (unpaired) electrons. The van der Waals surface area contributed by atoms with Gasteiger partial charge in [-0.15, -0.1) is 0 Å². The number of benzene rings is 2. The summed E-state index contributed by atoms with van der Waals surface area (Å²) in [7, 11) is 0. The number of ether oxygens (including phenoxy) is 2. The molecule has 2 aromatic rings. The molecule has 0 spiro atoms. The molecule has 34 heavy (non-hydrogen) atoms. The van der Waals surface area contributed by atoms with Crippen molar-refractivity contribution in [3.05, 3.63) is 70.5 Å². The first-order valence-corrected chi connectivity index (χ1v) is 11.5. The van der Waals surface area contributed by atoms with Crippen LogP contribution in [0.25, 0.3) is 5.76 Å². The Kier molecular flexibility index (Phi) is 8.10. The van der Waals surface area contributed by atoms with Gasteiger partial charge in [-0.2, -0.15) is 0 Å². The maximum atomic E-state index is 13.6. The van der Waals surface area contributed by atoms with Gasteiger partial charge in [0.1, 0.15) is 17.3 Å². The molecule has 0 saturated carbocycles. The zero-order valence-corrected chi connectivity index (χ0v) is 20.3. The standard InChI is InChI=1S/C27H32FNO5/c1-16(2)15-34-22-11-8-20(14-18(22)5)25(30)23-24(19-6-9-21(28)10-7-19)29(27(32)26(23)31)12-13-33-17(3)4/h6-11,14,16-17,24,30H,12-13,15H2,1-5H3/b25-23-. The minimum Gasteiger partial charge on any atom is -0.507 e. The first kappa shape index (κ1) is 25.4. The molecular weight excluding hydrogens is 437 g/mol. The Morgan fingerprint density at radius 2 is 1.76 bits per heavy atom. The maximum Gasteiger partial charge on any atom is 0.295 e. The van der Waals surface area contributed by atoms with Crippen LogP contribution in [0.4, 0.5) is 4.39 Å². The molecule has 1 unspecified atom stereocenters. The molecule has 6 nitrogen and oxygen atoms in total. The fraction of sp³-hybridized carbons (Fsp3) is 0.407. The highest BCUT2D eigenvalue weighted by Crippen LogP contribution is 2.39. The number of amides is 1. The molecule has 1 amide bonds. The second-order valence-corrected chi connectivity index (χ2v) is 9.15. The molecule has 0 aliphatic carbocycles. The second-order valence-electron chi connectivity index (χ2n) is 9.15. The number of aryl methyl sites for hydroxylation is 1. The van der Waals surface area contributed by atoms with Crippen molar-refractivity contribution in [2.24, 2.45) is 5.92 Å². The molecule has 1 fully saturated rings. The quantitative estimate of drug-likeness (QED) is 0.317. The Balaban J connectivity index is 2.03. The molecule has 1 heterocycles. The van der Waals surface area contributed by atoms with Crippen LogP contribution in [0.1, 0.15) is 50.4 Å². The van der Waals surface area contributed by atoms with Crippen LogP contribution in [0.3, 0.4) is 0 Å². The number of carbonyl (C=O) groups excluding carboxylic acids is 2. The van der Waals surface area contributed by atoms with Gasteiger partial charge in [-0.25, -0.2) is 4.39 Å². The van der Waals surface area contributed by atoms with Crippen LogP contribution in [0.15, 0.2) is 48.0 Å². The van der Waals surface area contributed by atoms with Crippen LogP contribution < -0.4 is 4.74 Å². The van der Waals surface area contributed by atoms with E-state index in [-0.39, 0.29) is 30.6 Å². The first-order chi connectivity index (χ1) is 16.1. The van der Waals surface area contributed by atoms with Gasteiger partial charge in [0.15, 0.2) is 0 Å². The topological polar surface area (TPSA) is 76.1 Å². The summed E-state index contributed by atoms with van der Waals surface area (Å²) < 4.78 is 25.0. The van der Waals surface area contributed by atoms with Crippen LogP contribution in [0.2, 0.25) is 0 Å². The van der Waals surface area contributed by atoms with Gasteiger partial charge < -0.3 is 19.5 Å². The third-order valence-electron chi connectivity index (χ3n) is 5.53. The van der Waals surface area contributed by atoms with Crippen LogP contribution in [-0.2, 0) is 14.3 Å². The molecule has 7 heteroatoms. The number of Topliss-reactive ketones (excluding diaryl/α,β-unsaturated/α-hetero) is 1.